The number of thiazole rings is 1. The molecule has 1 aromatic heterocycles. The number of halogens is 1. The van der Waals surface area contributed by atoms with Crippen molar-refractivity contribution < 1.29 is 9.59 Å². The van der Waals surface area contributed by atoms with E-state index in [2.05, 4.69) is 25.8 Å². The predicted octanol–water partition coefficient (Wildman–Crippen LogP) is 2.50. The Kier molecular flexibility index (Phi) is 5.29. The molecular formula is C19H21BrN4O2S. The van der Waals surface area contributed by atoms with Gasteiger partial charge in [-0.1, -0.05) is 15.9 Å². The zero-order valence-electron chi connectivity index (χ0n) is 15.1. The van der Waals surface area contributed by atoms with Crippen LogP contribution in [0.2, 0.25) is 0 Å². The number of nitrogens with zero attached hydrogens (tertiary/aromatic N) is 4. The van der Waals surface area contributed by atoms with E-state index in [-0.39, 0.29) is 11.8 Å². The molecule has 1 aromatic carbocycles. The van der Waals surface area contributed by atoms with Crippen molar-refractivity contribution in [2.24, 2.45) is 0 Å². The van der Waals surface area contributed by atoms with Crippen LogP contribution in [0.3, 0.4) is 0 Å². The highest BCUT2D eigenvalue weighted by molar-refractivity contribution is 9.10. The number of aryl methyl sites for hydroxylation is 1. The third-order valence-electron chi connectivity index (χ3n) is 5.29. The highest BCUT2D eigenvalue weighted by Gasteiger charge is 2.37. The molecule has 2 aromatic rings. The summed E-state index contributed by atoms with van der Waals surface area (Å²) in [5.74, 6) is 0.125. The molecule has 0 spiro atoms. The average Bonchev–Trinajstić information content (AvgIpc) is 3.17. The largest absolute Gasteiger partial charge is 0.335 e. The van der Waals surface area contributed by atoms with Gasteiger partial charge in [-0.15, -0.1) is 11.3 Å². The van der Waals surface area contributed by atoms with Crippen molar-refractivity contribution in [3.63, 3.8) is 0 Å². The molecule has 2 amide bonds. The van der Waals surface area contributed by atoms with E-state index in [0.29, 0.717) is 11.0 Å². The number of benzene rings is 1. The molecule has 0 N–H and O–H groups in total. The molecule has 2 aliphatic heterocycles. The fourth-order valence-electron chi connectivity index (χ4n) is 3.57. The van der Waals surface area contributed by atoms with Crippen LogP contribution < -0.4 is 0 Å². The molecular weight excluding hydrogens is 428 g/mol. The smallest absolute Gasteiger partial charge is 0.282 e. The van der Waals surface area contributed by atoms with Crippen molar-refractivity contribution in [3.05, 3.63) is 50.4 Å². The Morgan fingerprint density at radius 1 is 1.11 bits per heavy atom. The van der Waals surface area contributed by atoms with E-state index in [0.717, 1.165) is 54.9 Å². The van der Waals surface area contributed by atoms with E-state index >= 15 is 0 Å². The summed E-state index contributed by atoms with van der Waals surface area (Å²) < 4.78 is 1.02. The van der Waals surface area contributed by atoms with Gasteiger partial charge in [0, 0.05) is 66.9 Å². The normalized spacial score (nSPS) is 18.4. The number of hydrogen-bond donors (Lipinski definition) is 0. The Hall–Kier alpha value is -1.77. The Bertz CT molecular complexity index is 843. The Morgan fingerprint density at radius 3 is 2.48 bits per heavy atom. The summed E-state index contributed by atoms with van der Waals surface area (Å²) in [5.41, 5.74) is 1.81. The van der Waals surface area contributed by atoms with Gasteiger partial charge < -0.3 is 9.80 Å². The number of aromatic nitrogens is 1. The van der Waals surface area contributed by atoms with Crippen molar-refractivity contribution in [1.29, 1.82) is 0 Å². The number of rotatable bonds is 3. The Labute approximate surface area is 170 Å². The summed E-state index contributed by atoms with van der Waals surface area (Å²) in [7, 11) is 0. The number of carbonyl (C=O) groups excluding carboxylic acids is 2. The maximum absolute atomic E-state index is 12.6. The second-order valence-corrected chi connectivity index (χ2v) is 8.74. The highest BCUT2D eigenvalue weighted by Crippen LogP contribution is 2.23. The summed E-state index contributed by atoms with van der Waals surface area (Å²) in [4.78, 5) is 35.3. The van der Waals surface area contributed by atoms with Gasteiger partial charge in [0.15, 0.2) is 5.01 Å². The van der Waals surface area contributed by atoms with Gasteiger partial charge in [0.25, 0.3) is 11.8 Å². The van der Waals surface area contributed by atoms with Gasteiger partial charge in [-0.25, -0.2) is 4.98 Å². The van der Waals surface area contributed by atoms with Crippen LogP contribution in [-0.4, -0.2) is 76.8 Å². The van der Waals surface area contributed by atoms with Gasteiger partial charge in [-0.3, -0.25) is 14.5 Å². The second kappa shape index (κ2) is 7.69. The number of carbonyl (C=O) groups is 2. The van der Waals surface area contributed by atoms with E-state index in [1.807, 2.05) is 40.3 Å². The lowest BCUT2D eigenvalue weighted by atomic mass is 10.0. The molecule has 6 nitrogen and oxygen atoms in total. The van der Waals surface area contributed by atoms with Crippen LogP contribution in [-0.2, 0) is 0 Å². The van der Waals surface area contributed by atoms with E-state index in [4.69, 9.17) is 0 Å². The van der Waals surface area contributed by atoms with Gasteiger partial charge in [0.1, 0.15) is 0 Å². The van der Waals surface area contributed by atoms with Gasteiger partial charge in [-0.05, 0) is 30.7 Å². The van der Waals surface area contributed by atoms with Crippen molar-refractivity contribution >= 4 is 39.1 Å². The van der Waals surface area contributed by atoms with Crippen molar-refractivity contribution in [2.45, 2.75) is 13.0 Å². The van der Waals surface area contributed by atoms with Crippen molar-refractivity contribution in [1.82, 2.24) is 19.7 Å². The summed E-state index contributed by atoms with van der Waals surface area (Å²) in [6, 6.07) is 6.12. The van der Waals surface area contributed by atoms with E-state index < -0.39 is 0 Å². The summed E-state index contributed by atoms with van der Waals surface area (Å²) in [6.07, 6.45) is 1.67. The van der Waals surface area contributed by atoms with Gasteiger partial charge in [0.05, 0.1) is 0 Å². The molecule has 0 bridgehead atoms. The lowest BCUT2D eigenvalue weighted by Gasteiger charge is -2.48. The first kappa shape index (κ1) is 18.6. The number of likely N-dealkylation sites (tertiary alicyclic amines) is 1. The SMILES string of the molecule is Cc1cc(C(=O)N2CC(N3CCN(C(=O)c4nccs4)CC3)C2)ccc1Br. The molecule has 0 aliphatic carbocycles. The molecule has 2 saturated heterocycles. The average molecular weight is 449 g/mol. The molecule has 8 heteroatoms. The van der Waals surface area contributed by atoms with Crippen LogP contribution >= 0.6 is 27.3 Å². The van der Waals surface area contributed by atoms with Crippen LogP contribution in [0.5, 0.6) is 0 Å². The van der Waals surface area contributed by atoms with E-state index in [1.54, 1.807) is 6.20 Å². The number of amides is 2. The first-order valence-electron chi connectivity index (χ1n) is 9.01. The Morgan fingerprint density at radius 2 is 1.85 bits per heavy atom. The molecule has 2 aliphatic rings. The molecule has 142 valence electrons. The fraction of sp³-hybridized carbons (Fsp3) is 0.421. The van der Waals surface area contributed by atoms with Crippen LogP contribution in [0.15, 0.2) is 34.2 Å². The molecule has 3 heterocycles. The molecule has 4 rings (SSSR count). The maximum Gasteiger partial charge on any atom is 0.282 e. The molecule has 27 heavy (non-hydrogen) atoms. The molecule has 0 atom stereocenters. The quantitative estimate of drug-likeness (QED) is 0.723. The molecule has 0 unspecified atom stereocenters. The Balaban J connectivity index is 1.27. The van der Waals surface area contributed by atoms with Crippen molar-refractivity contribution in [3.8, 4) is 0 Å². The van der Waals surface area contributed by atoms with Gasteiger partial charge >= 0.3 is 0 Å². The first-order chi connectivity index (χ1) is 13.0. The zero-order chi connectivity index (χ0) is 19.0. The maximum atomic E-state index is 12.6. The van der Waals surface area contributed by atoms with E-state index in [1.165, 1.54) is 11.3 Å². The monoisotopic (exact) mass is 448 g/mol. The molecule has 2 fully saturated rings. The van der Waals surface area contributed by atoms with Crippen LogP contribution in [0, 0.1) is 6.92 Å². The topological polar surface area (TPSA) is 56.8 Å². The second-order valence-electron chi connectivity index (χ2n) is 6.99. The number of hydrogen-bond acceptors (Lipinski definition) is 5. The summed E-state index contributed by atoms with van der Waals surface area (Å²) in [6.45, 7) is 6.64. The summed E-state index contributed by atoms with van der Waals surface area (Å²) in [5, 5.41) is 2.39. The third-order valence-corrected chi connectivity index (χ3v) is 6.94. The van der Waals surface area contributed by atoms with Crippen LogP contribution in [0.4, 0.5) is 0 Å². The summed E-state index contributed by atoms with van der Waals surface area (Å²) >= 11 is 4.86. The minimum atomic E-state index is 0.0284. The predicted molar refractivity (Wildman–Crippen MR) is 108 cm³/mol. The minimum absolute atomic E-state index is 0.0284. The molecule has 0 radical (unpaired) electrons. The van der Waals surface area contributed by atoms with Gasteiger partial charge in [0.2, 0.25) is 0 Å². The van der Waals surface area contributed by atoms with Crippen LogP contribution in [0.25, 0.3) is 0 Å². The fourth-order valence-corrected chi connectivity index (χ4v) is 4.42. The van der Waals surface area contributed by atoms with E-state index in [9.17, 15) is 9.59 Å². The highest BCUT2D eigenvalue weighted by atomic mass is 79.9. The van der Waals surface area contributed by atoms with Crippen molar-refractivity contribution in [2.75, 3.05) is 39.3 Å². The first-order valence-corrected chi connectivity index (χ1v) is 10.7. The lowest BCUT2D eigenvalue weighted by molar-refractivity contribution is 0.00853. The van der Waals surface area contributed by atoms with Crippen LogP contribution in [0.1, 0.15) is 25.7 Å². The standard InChI is InChI=1S/C19H21BrN4O2S/c1-13-10-14(2-3-16(13)20)18(25)24-11-15(12-24)22-5-7-23(8-6-22)19(26)17-21-4-9-27-17/h2-4,9-10,15H,5-8,11-12H2,1H3. The van der Waals surface area contributed by atoms with Gasteiger partial charge in [-0.2, -0.15) is 0 Å². The molecule has 0 saturated carbocycles. The minimum Gasteiger partial charge on any atom is -0.335 e. The number of piperazine rings is 1. The lowest BCUT2D eigenvalue weighted by Crippen LogP contribution is -2.64. The third kappa shape index (κ3) is 3.79. The zero-order valence-corrected chi connectivity index (χ0v) is 17.5.